The summed E-state index contributed by atoms with van der Waals surface area (Å²) in [4.78, 5) is 26.5. The number of hydrogen-bond acceptors (Lipinski definition) is 4. The number of carboxylic acid groups (broad SMARTS) is 1. The van der Waals surface area contributed by atoms with Crippen LogP contribution in [-0.2, 0) is 0 Å². The molecule has 0 radical (unpaired) electrons. The van der Waals surface area contributed by atoms with Crippen molar-refractivity contribution in [1.82, 2.24) is 4.98 Å². The van der Waals surface area contributed by atoms with E-state index < -0.39 is 11.9 Å². The third-order valence-electron chi connectivity index (χ3n) is 2.55. The maximum absolute atomic E-state index is 12.0. The van der Waals surface area contributed by atoms with Gasteiger partial charge in [-0.3, -0.25) is 4.79 Å². The third-order valence-corrected chi connectivity index (χ3v) is 2.86. The average Bonchev–Trinajstić information content (AvgIpc) is 2.49. The first kappa shape index (κ1) is 14.5. The fourth-order valence-electron chi connectivity index (χ4n) is 1.55. The second-order valence-electron chi connectivity index (χ2n) is 3.97. The van der Waals surface area contributed by atoms with Crippen LogP contribution in [-0.4, -0.2) is 22.0 Å². The molecule has 0 atom stereocenters. The van der Waals surface area contributed by atoms with E-state index >= 15 is 0 Å². The highest BCUT2D eigenvalue weighted by Gasteiger charge is 2.13. The molecule has 0 aliphatic carbocycles. The number of amides is 1. The molecule has 7 heteroatoms. The number of rotatable bonds is 3. The molecule has 0 aliphatic rings. The van der Waals surface area contributed by atoms with Crippen LogP contribution in [0.15, 0.2) is 36.4 Å². The second-order valence-corrected chi connectivity index (χ2v) is 4.38. The number of benzene rings is 1. The molecular formula is C14H8ClN3O3. The van der Waals surface area contributed by atoms with Crippen molar-refractivity contribution in [2.75, 3.05) is 5.32 Å². The first-order chi connectivity index (χ1) is 10.0. The minimum absolute atomic E-state index is 0.0460. The third kappa shape index (κ3) is 3.35. The van der Waals surface area contributed by atoms with Gasteiger partial charge in [0.1, 0.15) is 11.4 Å². The van der Waals surface area contributed by atoms with Crippen molar-refractivity contribution in [1.29, 1.82) is 5.26 Å². The summed E-state index contributed by atoms with van der Waals surface area (Å²) in [5.41, 5.74) is 0.399. The van der Waals surface area contributed by atoms with Gasteiger partial charge >= 0.3 is 5.97 Å². The van der Waals surface area contributed by atoms with E-state index in [9.17, 15) is 9.59 Å². The van der Waals surface area contributed by atoms with Gasteiger partial charge in [0.15, 0.2) is 0 Å². The largest absolute Gasteiger partial charge is 0.477 e. The Bertz CT molecular complexity index is 768. The van der Waals surface area contributed by atoms with Gasteiger partial charge in [-0.1, -0.05) is 17.7 Å². The predicted octanol–water partition coefficient (Wildman–Crippen LogP) is 2.56. The van der Waals surface area contributed by atoms with Crippen LogP contribution >= 0.6 is 11.6 Å². The fraction of sp³-hybridized carbons (Fsp3) is 0. The van der Waals surface area contributed by atoms with Crippen molar-refractivity contribution < 1.29 is 14.7 Å². The number of carbonyl (C=O) groups excluding carboxylic acids is 1. The van der Waals surface area contributed by atoms with Gasteiger partial charge in [0, 0.05) is 0 Å². The van der Waals surface area contributed by atoms with Gasteiger partial charge in [0.05, 0.1) is 22.3 Å². The summed E-state index contributed by atoms with van der Waals surface area (Å²) >= 11 is 5.94. The number of pyridine rings is 1. The summed E-state index contributed by atoms with van der Waals surface area (Å²) in [5.74, 6) is -1.81. The lowest BCUT2D eigenvalue weighted by Crippen LogP contribution is -2.15. The van der Waals surface area contributed by atoms with Crippen molar-refractivity contribution in [3.8, 4) is 6.07 Å². The number of nitriles is 1. The molecule has 1 aromatic heterocycles. The monoisotopic (exact) mass is 301 g/mol. The van der Waals surface area contributed by atoms with Gasteiger partial charge in [-0.05, 0) is 30.3 Å². The second kappa shape index (κ2) is 6.03. The molecule has 1 amide bonds. The van der Waals surface area contributed by atoms with Gasteiger partial charge in [-0.25, -0.2) is 9.78 Å². The summed E-state index contributed by atoms with van der Waals surface area (Å²) in [6, 6.07) is 10.4. The number of aromatic nitrogens is 1. The smallest absolute Gasteiger partial charge is 0.354 e. The minimum atomic E-state index is -1.22. The van der Waals surface area contributed by atoms with Gasteiger partial charge in [0.2, 0.25) is 0 Å². The molecule has 2 rings (SSSR count). The number of nitrogens with one attached hydrogen (secondary N) is 1. The van der Waals surface area contributed by atoms with E-state index in [1.54, 1.807) is 0 Å². The Morgan fingerprint density at radius 1 is 1.24 bits per heavy atom. The number of carbonyl (C=O) groups is 2. The van der Waals surface area contributed by atoms with Gasteiger partial charge in [-0.2, -0.15) is 5.26 Å². The fourth-order valence-corrected chi connectivity index (χ4v) is 1.78. The topological polar surface area (TPSA) is 103 Å². The highest BCUT2D eigenvalue weighted by molar-refractivity contribution is 6.34. The Labute approximate surface area is 124 Å². The molecule has 0 aliphatic heterocycles. The Kier molecular flexibility index (Phi) is 4.16. The summed E-state index contributed by atoms with van der Waals surface area (Å²) in [5, 5.41) is 20.3. The first-order valence-electron chi connectivity index (χ1n) is 5.72. The van der Waals surface area contributed by atoms with Crippen molar-refractivity contribution in [2.45, 2.75) is 0 Å². The van der Waals surface area contributed by atoms with Crippen LogP contribution in [0.1, 0.15) is 26.5 Å². The van der Waals surface area contributed by atoms with E-state index in [0.29, 0.717) is 11.3 Å². The Balaban J connectivity index is 2.24. The van der Waals surface area contributed by atoms with Crippen molar-refractivity contribution in [3.05, 3.63) is 58.4 Å². The Hall–Kier alpha value is -2.91. The molecule has 0 unspecified atom stereocenters. The molecule has 0 fully saturated rings. The number of hydrogen-bond donors (Lipinski definition) is 2. The van der Waals surface area contributed by atoms with Crippen LogP contribution in [0.4, 0.5) is 5.69 Å². The van der Waals surface area contributed by atoms with E-state index in [4.69, 9.17) is 22.0 Å². The highest BCUT2D eigenvalue weighted by Crippen LogP contribution is 2.23. The van der Waals surface area contributed by atoms with Crippen LogP contribution < -0.4 is 5.32 Å². The van der Waals surface area contributed by atoms with Crippen molar-refractivity contribution in [2.24, 2.45) is 0 Å². The van der Waals surface area contributed by atoms with Crippen LogP contribution in [0.5, 0.6) is 0 Å². The first-order valence-corrected chi connectivity index (χ1v) is 6.10. The lowest BCUT2D eigenvalue weighted by atomic mass is 10.2. The van der Waals surface area contributed by atoms with Crippen LogP contribution in [0.3, 0.4) is 0 Å². The molecule has 1 aromatic carbocycles. The molecule has 104 valence electrons. The molecule has 0 bridgehead atoms. The standard InChI is InChI=1S/C14H8ClN3O3/c15-9-6-8(7-16)4-5-10(9)18-13(19)11-2-1-3-12(17-11)14(20)21/h1-6H,(H,18,19)(H,20,21). The number of nitrogens with zero attached hydrogens (tertiary/aromatic N) is 2. The van der Waals surface area contributed by atoms with E-state index in [1.807, 2.05) is 6.07 Å². The molecule has 6 nitrogen and oxygen atoms in total. The lowest BCUT2D eigenvalue weighted by Gasteiger charge is -2.07. The zero-order valence-corrected chi connectivity index (χ0v) is 11.3. The van der Waals surface area contributed by atoms with E-state index in [-0.39, 0.29) is 16.4 Å². The summed E-state index contributed by atoms with van der Waals surface area (Å²) < 4.78 is 0. The van der Waals surface area contributed by atoms with Gasteiger partial charge in [-0.15, -0.1) is 0 Å². The summed E-state index contributed by atoms with van der Waals surface area (Å²) in [7, 11) is 0. The molecule has 0 saturated heterocycles. The predicted molar refractivity (Wildman–Crippen MR) is 75.3 cm³/mol. The molecule has 0 saturated carbocycles. The minimum Gasteiger partial charge on any atom is -0.477 e. The number of anilines is 1. The zero-order chi connectivity index (χ0) is 15.4. The number of halogens is 1. The summed E-state index contributed by atoms with van der Waals surface area (Å²) in [6.07, 6.45) is 0. The quantitative estimate of drug-likeness (QED) is 0.906. The highest BCUT2D eigenvalue weighted by atomic mass is 35.5. The van der Waals surface area contributed by atoms with Crippen molar-refractivity contribution in [3.63, 3.8) is 0 Å². The Morgan fingerprint density at radius 2 is 1.95 bits per heavy atom. The van der Waals surface area contributed by atoms with E-state index in [0.717, 1.165) is 0 Å². The molecule has 2 aromatic rings. The molecule has 0 spiro atoms. The molecule has 1 heterocycles. The SMILES string of the molecule is N#Cc1ccc(NC(=O)c2cccc(C(=O)O)n2)c(Cl)c1. The van der Waals surface area contributed by atoms with Crippen LogP contribution in [0, 0.1) is 11.3 Å². The molecular weight excluding hydrogens is 294 g/mol. The number of carboxylic acids is 1. The van der Waals surface area contributed by atoms with E-state index in [2.05, 4.69) is 10.3 Å². The van der Waals surface area contributed by atoms with E-state index in [1.165, 1.54) is 36.4 Å². The van der Waals surface area contributed by atoms with Gasteiger partial charge in [0.25, 0.3) is 5.91 Å². The molecule has 21 heavy (non-hydrogen) atoms. The normalized spacial score (nSPS) is 9.71. The lowest BCUT2D eigenvalue weighted by molar-refractivity contribution is 0.0690. The number of aromatic carboxylic acids is 1. The van der Waals surface area contributed by atoms with Crippen molar-refractivity contribution >= 4 is 29.2 Å². The average molecular weight is 302 g/mol. The summed E-state index contributed by atoms with van der Waals surface area (Å²) in [6.45, 7) is 0. The van der Waals surface area contributed by atoms with Crippen LogP contribution in [0.2, 0.25) is 5.02 Å². The molecule has 2 N–H and O–H groups in total. The Morgan fingerprint density at radius 3 is 2.57 bits per heavy atom. The zero-order valence-electron chi connectivity index (χ0n) is 10.5. The van der Waals surface area contributed by atoms with Gasteiger partial charge < -0.3 is 10.4 Å². The maximum atomic E-state index is 12.0. The van der Waals surface area contributed by atoms with Crippen LogP contribution in [0.25, 0.3) is 0 Å². The maximum Gasteiger partial charge on any atom is 0.354 e.